The first-order chi connectivity index (χ1) is 19.7. The fourth-order valence-electron chi connectivity index (χ4n) is 9.61. The number of ketones is 1. The summed E-state index contributed by atoms with van der Waals surface area (Å²) in [4.78, 5) is 44.6. The molecule has 234 valence electrons. The van der Waals surface area contributed by atoms with Gasteiger partial charge in [0.25, 0.3) is 0 Å². The fraction of sp³-hybridized carbons (Fsp3) is 0.818. The summed E-state index contributed by atoms with van der Waals surface area (Å²) >= 11 is 0. The Morgan fingerprint density at radius 2 is 1.83 bits per heavy atom. The van der Waals surface area contributed by atoms with Crippen molar-refractivity contribution in [2.75, 3.05) is 40.8 Å². The first-order valence-electron chi connectivity index (χ1n) is 16.3. The zero-order valence-electron chi connectivity index (χ0n) is 26.8. The molecule has 4 aliphatic carbocycles. The van der Waals surface area contributed by atoms with Crippen LogP contribution in [-0.2, 0) is 14.4 Å². The molecular formula is C33H54N5O4+. The first kappa shape index (κ1) is 31.2. The smallest absolute Gasteiger partial charge is 0.368 e. The zero-order valence-corrected chi connectivity index (χ0v) is 26.8. The number of primary amides is 1. The molecule has 9 heteroatoms. The highest BCUT2D eigenvalue weighted by molar-refractivity contribution is 5.91. The van der Waals surface area contributed by atoms with Crippen molar-refractivity contribution in [2.45, 2.75) is 97.1 Å². The van der Waals surface area contributed by atoms with Gasteiger partial charge < -0.3 is 15.5 Å². The summed E-state index contributed by atoms with van der Waals surface area (Å²) in [6.45, 7) is 8.72. The van der Waals surface area contributed by atoms with Crippen LogP contribution in [0.15, 0.2) is 16.8 Å². The van der Waals surface area contributed by atoms with Crippen LogP contribution in [0.1, 0.15) is 85.0 Å². The van der Waals surface area contributed by atoms with Crippen molar-refractivity contribution in [2.24, 2.45) is 45.4 Å². The predicted molar refractivity (Wildman–Crippen MR) is 163 cm³/mol. The second-order valence-electron chi connectivity index (χ2n) is 15.6. The van der Waals surface area contributed by atoms with Crippen LogP contribution in [0.4, 0.5) is 4.79 Å². The molecule has 1 heterocycles. The van der Waals surface area contributed by atoms with E-state index in [0.717, 1.165) is 48.8 Å². The van der Waals surface area contributed by atoms with Gasteiger partial charge in [0.1, 0.15) is 0 Å². The lowest BCUT2D eigenvalue weighted by molar-refractivity contribution is -0.869. The highest BCUT2D eigenvalue weighted by Crippen LogP contribution is 2.66. The number of allylic oxidation sites excluding steroid dienone is 1. The molecule has 4 fully saturated rings. The maximum atomic E-state index is 13.4. The number of carbonyl (C=O) groups excluding carboxylic acids is 3. The number of quaternary nitrogens is 1. The number of rotatable bonds is 8. The van der Waals surface area contributed by atoms with Crippen LogP contribution in [0.5, 0.6) is 0 Å². The number of hydrogen-bond donors (Lipinski definition) is 2. The van der Waals surface area contributed by atoms with Crippen molar-refractivity contribution in [3.05, 3.63) is 11.6 Å². The van der Waals surface area contributed by atoms with Gasteiger partial charge in [-0.2, -0.15) is 0 Å². The largest absolute Gasteiger partial charge is 0.436 e. The third-order valence-electron chi connectivity index (χ3n) is 12.1. The number of nitrogens with zero attached hydrogens (tertiary/aromatic N) is 3. The van der Waals surface area contributed by atoms with Crippen molar-refractivity contribution in [3.63, 3.8) is 0 Å². The Kier molecular flexibility index (Phi) is 8.67. The Bertz CT molecular complexity index is 1140. The molecule has 2 amide bonds. The third kappa shape index (κ3) is 6.05. The maximum absolute atomic E-state index is 13.4. The number of likely N-dealkylation sites (N-methyl/N-ethyl adjacent to an activating group) is 1. The van der Waals surface area contributed by atoms with E-state index in [4.69, 9.17) is 10.6 Å². The van der Waals surface area contributed by atoms with Gasteiger partial charge in [0, 0.05) is 24.9 Å². The van der Waals surface area contributed by atoms with Gasteiger partial charge in [-0.15, -0.1) is 0 Å². The van der Waals surface area contributed by atoms with E-state index in [1.165, 1.54) is 24.8 Å². The van der Waals surface area contributed by atoms with E-state index in [2.05, 4.69) is 45.5 Å². The van der Waals surface area contributed by atoms with E-state index in [1.54, 1.807) is 4.90 Å². The highest BCUT2D eigenvalue weighted by atomic mass is 16.7. The predicted octanol–water partition coefficient (Wildman–Crippen LogP) is 4.26. The number of hydrogen-bond acceptors (Lipinski definition) is 6. The van der Waals surface area contributed by atoms with Gasteiger partial charge in [-0.1, -0.05) is 24.6 Å². The Morgan fingerprint density at radius 1 is 1.07 bits per heavy atom. The van der Waals surface area contributed by atoms with E-state index in [0.29, 0.717) is 55.4 Å². The summed E-state index contributed by atoms with van der Waals surface area (Å²) in [6, 6.07) is -0.333. The Morgan fingerprint density at radius 3 is 2.52 bits per heavy atom. The average molecular weight is 585 g/mol. The summed E-state index contributed by atoms with van der Waals surface area (Å²) in [6.07, 6.45) is 11.6. The molecule has 0 aromatic heterocycles. The Balaban J connectivity index is 1.25. The molecule has 5 rings (SSSR count). The molecule has 1 saturated heterocycles. The summed E-state index contributed by atoms with van der Waals surface area (Å²) in [5.41, 5.74) is 8.17. The number of nitrogens with two attached hydrogens (primary N) is 1. The summed E-state index contributed by atoms with van der Waals surface area (Å²) in [5.74, 6) is 2.27. The van der Waals surface area contributed by atoms with Crippen LogP contribution < -0.4 is 11.1 Å². The SMILES string of the molecule is C/C(=N\OC(=O)N(CC[N+](C)(C)C)CC1CCC(C(N)=O)N1)[C@H]1CC[C@H]2[C@@H]3CCC4=CC(=O)CC[C@]4(C)[C@H]3CC[C@]12C. The molecule has 3 saturated carbocycles. The molecule has 9 nitrogen and oxygen atoms in total. The van der Waals surface area contributed by atoms with E-state index in [1.807, 2.05) is 13.0 Å². The topological polar surface area (TPSA) is 114 Å². The van der Waals surface area contributed by atoms with Gasteiger partial charge in [-0.25, -0.2) is 4.79 Å². The lowest BCUT2D eigenvalue weighted by Gasteiger charge is -2.58. The summed E-state index contributed by atoms with van der Waals surface area (Å²) in [7, 11) is 6.31. The molecule has 3 N–H and O–H groups in total. The quantitative estimate of drug-likeness (QED) is 0.192. The number of carbonyl (C=O) groups is 3. The van der Waals surface area contributed by atoms with Crippen LogP contribution in [0.2, 0.25) is 0 Å². The molecule has 1 aliphatic heterocycles. The van der Waals surface area contributed by atoms with E-state index in [9.17, 15) is 14.4 Å². The lowest BCUT2D eigenvalue weighted by atomic mass is 9.46. The zero-order chi connectivity index (χ0) is 30.4. The second kappa shape index (κ2) is 11.7. The van der Waals surface area contributed by atoms with Crippen molar-refractivity contribution in [1.82, 2.24) is 10.2 Å². The minimum Gasteiger partial charge on any atom is -0.368 e. The molecule has 5 aliphatic rings. The van der Waals surface area contributed by atoms with Crippen LogP contribution >= 0.6 is 0 Å². The lowest BCUT2D eigenvalue weighted by Crippen LogP contribution is -2.51. The number of oxime groups is 1. The Hall–Kier alpha value is -2.26. The van der Waals surface area contributed by atoms with E-state index >= 15 is 0 Å². The molecule has 0 aromatic rings. The van der Waals surface area contributed by atoms with Crippen LogP contribution in [-0.4, -0.2) is 85.7 Å². The van der Waals surface area contributed by atoms with Crippen molar-refractivity contribution in [1.29, 1.82) is 0 Å². The standard InChI is InChI=1S/C33H53N5O4/c1-21(36-42-31(41)37(17-18-38(4,5)6)20-23-8-12-29(35-23)30(34)40)26-10-11-27-25-9-7-22-19-24(39)13-15-32(22,2)28(25)14-16-33(26,27)3/h19,23,25-29,35H,7-18,20H2,1-6H3,(H-,34,40)/p+1/b36-21+/t23?,25-,26+,27-,28-,29?,32-,33+/m0/s1. The van der Waals surface area contributed by atoms with Crippen LogP contribution in [0.25, 0.3) is 0 Å². The molecule has 0 aromatic carbocycles. The van der Waals surface area contributed by atoms with Crippen molar-refractivity contribution < 1.29 is 23.7 Å². The number of nitrogens with one attached hydrogen (secondary N) is 1. The molecule has 42 heavy (non-hydrogen) atoms. The first-order valence-corrected chi connectivity index (χ1v) is 16.3. The summed E-state index contributed by atoms with van der Waals surface area (Å²) < 4.78 is 0.727. The van der Waals surface area contributed by atoms with Crippen LogP contribution in [0, 0.1) is 34.5 Å². The van der Waals surface area contributed by atoms with Crippen molar-refractivity contribution in [3.8, 4) is 0 Å². The van der Waals surface area contributed by atoms with Gasteiger partial charge in [-0.05, 0) is 99.4 Å². The average Bonchev–Trinajstić information content (AvgIpc) is 3.53. The second-order valence-corrected chi connectivity index (χ2v) is 15.6. The minimum absolute atomic E-state index is 0.00674. The maximum Gasteiger partial charge on any atom is 0.436 e. The summed E-state index contributed by atoms with van der Waals surface area (Å²) in [5, 5.41) is 7.77. The number of amides is 2. The fourth-order valence-corrected chi connectivity index (χ4v) is 9.61. The highest BCUT2D eigenvalue weighted by Gasteiger charge is 2.59. The van der Waals surface area contributed by atoms with Crippen molar-refractivity contribution >= 4 is 23.5 Å². The van der Waals surface area contributed by atoms with E-state index < -0.39 is 6.09 Å². The molecule has 0 bridgehead atoms. The minimum atomic E-state index is -0.429. The normalized spacial score (nSPS) is 38.3. The Labute approximate surface area is 252 Å². The van der Waals surface area contributed by atoms with Gasteiger partial charge in [0.05, 0.1) is 46.0 Å². The molecule has 8 atom stereocenters. The van der Waals surface area contributed by atoms with E-state index in [-0.39, 0.29) is 28.8 Å². The number of fused-ring (bicyclic) bond motifs is 5. The monoisotopic (exact) mass is 584 g/mol. The molecule has 0 spiro atoms. The molecular weight excluding hydrogens is 530 g/mol. The van der Waals surface area contributed by atoms with Gasteiger partial charge in [-0.3, -0.25) is 19.3 Å². The third-order valence-corrected chi connectivity index (χ3v) is 12.1. The molecule has 2 unspecified atom stereocenters. The molecule has 0 radical (unpaired) electrons. The van der Waals surface area contributed by atoms with Gasteiger partial charge in [0.15, 0.2) is 5.78 Å². The van der Waals surface area contributed by atoms with Crippen LogP contribution in [0.3, 0.4) is 0 Å². The van der Waals surface area contributed by atoms with Gasteiger partial charge >= 0.3 is 6.09 Å². The van der Waals surface area contributed by atoms with Gasteiger partial charge in [0.2, 0.25) is 5.91 Å².